The molecule has 0 radical (unpaired) electrons. The minimum atomic E-state index is -0.709. The maximum atomic E-state index is 10.7. The van der Waals surface area contributed by atoms with E-state index < -0.39 is 12.1 Å². The van der Waals surface area contributed by atoms with Gasteiger partial charge in [-0.2, -0.15) is 0 Å². The summed E-state index contributed by atoms with van der Waals surface area (Å²) >= 11 is 0. The van der Waals surface area contributed by atoms with Crippen molar-refractivity contribution in [1.82, 2.24) is 10.6 Å². The van der Waals surface area contributed by atoms with Gasteiger partial charge in [-0.05, 0) is 12.3 Å². The van der Waals surface area contributed by atoms with Crippen LogP contribution in [0.2, 0.25) is 0 Å². The molecule has 4 N–H and O–H groups in total. The maximum Gasteiger partial charge on any atom is 0.279 e. The Balaban J connectivity index is 0.000000845. The van der Waals surface area contributed by atoms with E-state index in [0.717, 1.165) is 11.5 Å². The van der Waals surface area contributed by atoms with Gasteiger partial charge in [-0.15, -0.1) is 12.4 Å². The van der Waals surface area contributed by atoms with Gasteiger partial charge in [0.15, 0.2) is 0 Å². The fourth-order valence-electron chi connectivity index (χ4n) is 1.16. The van der Waals surface area contributed by atoms with Gasteiger partial charge >= 0.3 is 0 Å². The molecule has 2 rings (SSSR count). The summed E-state index contributed by atoms with van der Waals surface area (Å²) in [6.45, 7) is 0.600. The maximum absolute atomic E-state index is 10.7. The van der Waals surface area contributed by atoms with Crippen LogP contribution in [0.15, 0.2) is 23.7 Å². The average molecular weight is 204 g/mol. The lowest BCUT2D eigenvalue weighted by Crippen LogP contribution is -2.38. The first kappa shape index (κ1) is 9.73. The van der Waals surface area contributed by atoms with Gasteiger partial charge in [-0.3, -0.25) is 4.79 Å². The highest BCUT2D eigenvalue weighted by atomic mass is 35.5. The smallest absolute Gasteiger partial charge is 0.279 e. The highest BCUT2D eigenvalue weighted by Gasteiger charge is 2.28. The molecular weight excluding hydrogens is 194 g/mol. The van der Waals surface area contributed by atoms with Crippen molar-refractivity contribution in [2.75, 3.05) is 6.54 Å². The molecule has 72 valence electrons. The molecular formula is C7H10ClN3O2. The normalized spacial score (nSPS) is 23.5. The topological polar surface area (TPSA) is 76.4 Å². The summed E-state index contributed by atoms with van der Waals surface area (Å²) in [4.78, 5) is 10.7. The molecule has 0 spiro atoms. The Hall–Kier alpha value is -1.36. The second kappa shape index (κ2) is 3.57. The number of amides is 1. The Morgan fingerprint density at radius 3 is 3.08 bits per heavy atom. The quantitative estimate of drug-likeness (QED) is 0.520. The van der Waals surface area contributed by atoms with E-state index in [9.17, 15) is 4.79 Å². The molecule has 2 heterocycles. The molecule has 5 nitrogen and oxygen atoms in total. The van der Waals surface area contributed by atoms with Gasteiger partial charge < -0.3 is 21.1 Å². The lowest BCUT2D eigenvalue weighted by Gasteiger charge is -2.08. The van der Waals surface area contributed by atoms with Crippen LogP contribution in [-0.4, -0.2) is 18.7 Å². The van der Waals surface area contributed by atoms with Crippen molar-refractivity contribution in [2.45, 2.75) is 6.23 Å². The number of primary amides is 1. The van der Waals surface area contributed by atoms with Crippen molar-refractivity contribution >= 4 is 18.3 Å². The number of nitrogens with one attached hydrogen (secondary N) is 2. The Bertz CT molecular complexity index is 287. The number of rotatable bonds is 1. The Kier molecular flexibility index (Phi) is 2.67. The number of carbonyl (C=O) groups is 1. The van der Waals surface area contributed by atoms with Crippen LogP contribution in [0.1, 0.15) is 0 Å². The summed E-state index contributed by atoms with van der Waals surface area (Å²) in [5, 5.41) is 5.81. The zero-order valence-corrected chi connectivity index (χ0v) is 7.56. The van der Waals surface area contributed by atoms with E-state index in [0.29, 0.717) is 6.54 Å². The van der Waals surface area contributed by atoms with Gasteiger partial charge in [0.1, 0.15) is 5.76 Å². The van der Waals surface area contributed by atoms with Gasteiger partial charge in [0.25, 0.3) is 5.91 Å². The molecule has 2 aliphatic heterocycles. The molecule has 0 bridgehead atoms. The highest BCUT2D eigenvalue weighted by molar-refractivity contribution is 5.85. The summed E-state index contributed by atoms with van der Waals surface area (Å²) in [6, 6.07) is 0. The SMILES string of the molecule is Cl.NC(=O)C1NC2=C(CNC=C2)O1. The molecule has 2 aliphatic rings. The van der Waals surface area contributed by atoms with Crippen LogP contribution in [0.5, 0.6) is 0 Å². The second-order valence-corrected chi connectivity index (χ2v) is 2.60. The van der Waals surface area contributed by atoms with Crippen molar-refractivity contribution in [1.29, 1.82) is 0 Å². The first-order chi connectivity index (χ1) is 5.77. The van der Waals surface area contributed by atoms with Crippen molar-refractivity contribution in [2.24, 2.45) is 5.73 Å². The lowest BCUT2D eigenvalue weighted by molar-refractivity contribution is -0.127. The van der Waals surface area contributed by atoms with Crippen LogP contribution < -0.4 is 16.4 Å². The van der Waals surface area contributed by atoms with Crippen LogP contribution in [-0.2, 0) is 9.53 Å². The number of hydrogen-bond acceptors (Lipinski definition) is 4. The standard InChI is InChI=1S/C7H9N3O2.ClH/c8-6(11)7-10-4-1-2-9-3-5(4)12-7;/h1-2,7,9-10H,3H2,(H2,8,11);1H. The monoisotopic (exact) mass is 203 g/mol. The number of dihydropyridines is 1. The van der Waals surface area contributed by atoms with Crippen LogP contribution >= 0.6 is 12.4 Å². The van der Waals surface area contributed by atoms with Gasteiger partial charge in [0.05, 0.1) is 12.2 Å². The minimum absolute atomic E-state index is 0. The van der Waals surface area contributed by atoms with E-state index in [-0.39, 0.29) is 12.4 Å². The third-order valence-corrected chi connectivity index (χ3v) is 1.74. The molecule has 1 atom stereocenters. The van der Waals surface area contributed by atoms with E-state index in [1.165, 1.54) is 0 Å². The fraction of sp³-hybridized carbons (Fsp3) is 0.286. The molecule has 1 unspecified atom stereocenters. The number of allylic oxidation sites excluding steroid dienone is 1. The van der Waals surface area contributed by atoms with Gasteiger partial charge in [-0.1, -0.05) is 0 Å². The van der Waals surface area contributed by atoms with Crippen LogP contribution in [0, 0.1) is 0 Å². The predicted molar refractivity (Wildman–Crippen MR) is 48.6 cm³/mol. The molecule has 0 fully saturated rings. The number of nitrogens with two attached hydrogens (primary N) is 1. The second-order valence-electron chi connectivity index (χ2n) is 2.60. The van der Waals surface area contributed by atoms with Gasteiger partial charge in [0, 0.05) is 0 Å². The third kappa shape index (κ3) is 1.70. The van der Waals surface area contributed by atoms with Crippen molar-refractivity contribution < 1.29 is 9.53 Å². The molecule has 0 aromatic rings. The first-order valence-corrected chi connectivity index (χ1v) is 3.63. The zero-order valence-electron chi connectivity index (χ0n) is 6.74. The largest absolute Gasteiger partial charge is 0.462 e. The average Bonchev–Trinajstić information content (AvgIpc) is 2.46. The molecule has 0 aromatic heterocycles. The Labute approximate surface area is 81.4 Å². The third-order valence-electron chi connectivity index (χ3n) is 1.74. The van der Waals surface area contributed by atoms with E-state index in [1.807, 2.05) is 6.08 Å². The number of hydrogen-bond donors (Lipinski definition) is 3. The summed E-state index contributed by atoms with van der Waals surface area (Å²) < 4.78 is 5.21. The number of ether oxygens (including phenoxy) is 1. The summed E-state index contributed by atoms with van der Waals surface area (Å²) in [6.07, 6.45) is 2.89. The molecule has 6 heteroatoms. The number of carbonyl (C=O) groups excluding carboxylic acids is 1. The Morgan fingerprint density at radius 2 is 2.46 bits per heavy atom. The van der Waals surface area contributed by atoms with Crippen LogP contribution in [0.25, 0.3) is 0 Å². The van der Waals surface area contributed by atoms with E-state index >= 15 is 0 Å². The first-order valence-electron chi connectivity index (χ1n) is 3.63. The summed E-state index contributed by atoms with van der Waals surface area (Å²) in [5.74, 6) is 0.235. The van der Waals surface area contributed by atoms with Crippen molar-refractivity contribution in [3.63, 3.8) is 0 Å². The lowest BCUT2D eigenvalue weighted by atomic mass is 10.3. The fourth-order valence-corrected chi connectivity index (χ4v) is 1.16. The van der Waals surface area contributed by atoms with E-state index in [2.05, 4.69) is 10.6 Å². The highest BCUT2D eigenvalue weighted by Crippen LogP contribution is 2.17. The number of halogens is 1. The van der Waals surface area contributed by atoms with Crippen LogP contribution in [0.3, 0.4) is 0 Å². The van der Waals surface area contributed by atoms with Crippen molar-refractivity contribution in [3.8, 4) is 0 Å². The van der Waals surface area contributed by atoms with Gasteiger partial charge in [0.2, 0.25) is 6.23 Å². The van der Waals surface area contributed by atoms with Gasteiger partial charge in [-0.25, -0.2) is 0 Å². The van der Waals surface area contributed by atoms with Crippen molar-refractivity contribution in [3.05, 3.63) is 23.7 Å². The molecule has 1 amide bonds. The molecule has 0 aromatic carbocycles. The Morgan fingerprint density at radius 1 is 1.69 bits per heavy atom. The minimum Gasteiger partial charge on any atom is -0.462 e. The molecule has 13 heavy (non-hydrogen) atoms. The molecule has 0 saturated carbocycles. The van der Waals surface area contributed by atoms with E-state index in [1.54, 1.807) is 6.20 Å². The molecule has 0 aliphatic carbocycles. The van der Waals surface area contributed by atoms with Crippen LogP contribution in [0.4, 0.5) is 0 Å². The predicted octanol–water partition coefficient (Wildman–Crippen LogP) is -0.832. The molecule has 0 saturated heterocycles. The summed E-state index contributed by atoms with van der Waals surface area (Å²) in [5.41, 5.74) is 5.89. The summed E-state index contributed by atoms with van der Waals surface area (Å²) in [7, 11) is 0. The zero-order chi connectivity index (χ0) is 8.55. The van der Waals surface area contributed by atoms with E-state index in [4.69, 9.17) is 10.5 Å².